The van der Waals surface area contributed by atoms with Gasteiger partial charge in [0.25, 0.3) is 5.92 Å². The van der Waals surface area contributed by atoms with Gasteiger partial charge in [0.2, 0.25) is 5.28 Å². The predicted octanol–water partition coefficient (Wildman–Crippen LogP) is 2.56. The lowest BCUT2D eigenvalue weighted by atomic mass is 10.1. The fraction of sp³-hybridized carbons (Fsp3) is 0.643. The molecule has 0 N–H and O–H groups in total. The summed E-state index contributed by atoms with van der Waals surface area (Å²) in [7, 11) is 1.36. The maximum Gasteiger partial charge on any atom is 0.305 e. The number of rotatable bonds is 3. The maximum atomic E-state index is 13.8. The highest BCUT2D eigenvalue weighted by molar-refractivity contribution is 6.28. The number of nitrogens with zero attached hydrogens (tertiary/aromatic N) is 3. The van der Waals surface area contributed by atoms with Crippen LogP contribution in [0.1, 0.15) is 30.5 Å². The minimum absolute atomic E-state index is 0.138. The smallest absolute Gasteiger partial charge is 0.305 e. The molecular weight excluding hydrogens is 316 g/mol. The number of hydrogen-bond acceptors (Lipinski definition) is 5. The molecule has 0 amide bonds. The number of aromatic nitrogens is 2. The number of fused-ring (bicyclic) bond motifs is 1. The Morgan fingerprint density at radius 3 is 3.00 bits per heavy atom. The van der Waals surface area contributed by atoms with Crippen molar-refractivity contribution < 1.29 is 18.3 Å². The van der Waals surface area contributed by atoms with Crippen molar-refractivity contribution in [2.24, 2.45) is 5.92 Å². The molecule has 0 saturated carbocycles. The lowest BCUT2D eigenvalue weighted by Crippen LogP contribution is -2.24. The topological polar surface area (TPSA) is 55.3 Å². The summed E-state index contributed by atoms with van der Waals surface area (Å²) < 4.78 is 32.4. The fourth-order valence-electron chi connectivity index (χ4n) is 3.15. The molecule has 1 aliphatic heterocycles. The summed E-state index contributed by atoms with van der Waals surface area (Å²) in [4.78, 5) is 21.1. The van der Waals surface area contributed by atoms with Crippen LogP contribution < -0.4 is 4.90 Å². The third-order valence-electron chi connectivity index (χ3n) is 4.26. The molecule has 2 aliphatic rings. The van der Waals surface area contributed by atoms with Gasteiger partial charge in [-0.3, -0.25) is 4.79 Å². The van der Waals surface area contributed by atoms with Gasteiger partial charge in [0.1, 0.15) is 11.5 Å². The van der Waals surface area contributed by atoms with Crippen molar-refractivity contribution in [3.05, 3.63) is 16.5 Å². The van der Waals surface area contributed by atoms with Crippen LogP contribution in [-0.2, 0) is 21.9 Å². The van der Waals surface area contributed by atoms with Crippen molar-refractivity contribution in [2.45, 2.75) is 31.6 Å². The van der Waals surface area contributed by atoms with E-state index in [0.29, 0.717) is 30.9 Å². The lowest BCUT2D eigenvalue weighted by molar-refractivity contribution is -0.141. The highest BCUT2D eigenvalue weighted by Gasteiger charge is 2.44. The van der Waals surface area contributed by atoms with Crippen LogP contribution in [0.5, 0.6) is 0 Å². The number of carbonyl (C=O) groups is 1. The van der Waals surface area contributed by atoms with E-state index in [-0.39, 0.29) is 35.7 Å². The number of halogens is 3. The molecule has 2 heterocycles. The van der Waals surface area contributed by atoms with Crippen LogP contribution in [0, 0.1) is 5.92 Å². The van der Waals surface area contributed by atoms with Crippen LogP contribution in [0.2, 0.25) is 5.28 Å². The van der Waals surface area contributed by atoms with E-state index in [1.165, 1.54) is 7.11 Å². The minimum atomic E-state index is -2.94. The summed E-state index contributed by atoms with van der Waals surface area (Å²) in [6.07, 6.45) is 1.10. The molecule has 0 aromatic carbocycles. The first-order valence-electron chi connectivity index (χ1n) is 7.17. The zero-order valence-electron chi connectivity index (χ0n) is 12.1. The molecule has 1 aliphatic carbocycles. The van der Waals surface area contributed by atoms with Gasteiger partial charge in [-0.05, 0) is 30.4 Å². The Morgan fingerprint density at radius 2 is 2.27 bits per heavy atom. The first kappa shape index (κ1) is 15.4. The lowest BCUT2D eigenvalue weighted by Gasteiger charge is -2.20. The number of anilines is 1. The van der Waals surface area contributed by atoms with Gasteiger partial charge in [-0.25, -0.2) is 9.97 Å². The third-order valence-corrected chi connectivity index (χ3v) is 4.43. The van der Waals surface area contributed by atoms with Crippen LogP contribution >= 0.6 is 11.6 Å². The van der Waals surface area contributed by atoms with E-state index in [1.807, 2.05) is 4.90 Å². The van der Waals surface area contributed by atoms with Gasteiger partial charge in [-0.1, -0.05) is 0 Å². The average Bonchev–Trinajstić information content (AvgIpc) is 3.04. The van der Waals surface area contributed by atoms with E-state index < -0.39 is 5.92 Å². The van der Waals surface area contributed by atoms with Crippen LogP contribution in [0.15, 0.2) is 0 Å². The Labute approximate surface area is 131 Å². The van der Waals surface area contributed by atoms with Crippen molar-refractivity contribution in [3.63, 3.8) is 0 Å². The summed E-state index contributed by atoms with van der Waals surface area (Å²) in [5, 5.41) is -0.160. The maximum absolute atomic E-state index is 13.8. The van der Waals surface area contributed by atoms with Crippen LogP contribution in [-0.4, -0.2) is 36.1 Å². The molecule has 1 atom stereocenters. The first-order valence-corrected chi connectivity index (χ1v) is 7.55. The highest BCUT2D eigenvalue weighted by atomic mass is 35.5. The summed E-state index contributed by atoms with van der Waals surface area (Å²) in [5.41, 5.74) is 0.229. The molecule has 0 spiro atoms. The van der Waals surface area contributed by atoms with Crippen molar-refractivity contribution in [1.82, 2.24) is 9.97 Å². The summed E-state index contributed by atoms with van der Waals surface area (Å²) >= 11 is 5.82. The highest BCUT2D eigenvalue weighted by Crippen LogP contribution is 2.44. The number of carbonyl (C=O) groups excluding carboxylic acids is 1. The zero-order valence-corrected chi connectivity index (χ0v) is 12.9. The quantitative estimate of drug-likeness (QED) is 0.629. The molecule has 1 aromatic heterocycles. The van der Waals surface area contributed by atoms with Crippen LogP contribution in [0.3, 0.4) is 0 Å². The number of esters is 1. The van der Waals surface area contributed by atoms with Gasteiger partial charge < -0.3 is 9.64 Å². The molecule has 0 bridgehead atoms. The second kappa shape index (κ2) is 5.61. The van der Waals surface area contributed by atoms with Gasteiger partial charge in [0, 0.05) is 25.1 Å². The molecule has 0 radical (unpaired) electrons. The van der Waals surface area contributed by atoms with Gasteiger partial charge in [0.15, 0.2) is 0 Å². The largest absolute Gasteiger partial charge is 0.469 e. The predicted molar refractivity (Wildman–Crippen MR) is 76.2 cm³/mol. The van der Waals surface area contributed by atoms with Crippen molar-refractivity contribution in [3.8, 4) is 0 Å². The molecule has 5 nitrogen and oxygen atoms in total. The molecule has 0 unspecified atom stereocenters. The molecular formula is C14H16ClF2N3O2. The second-order valence-electron chi connectivity index (χ2n) is 5.73. The van der Waals surface area contributed by atoms with Crippen molar-refractivity contribution in [2.75, 3.05) is 25.1 Å². The van der Waals surface area contributed by atoms with Crippen LogP contribution in [0.25, 0.3) is 0 Å². The molecule has 3 rings (SSSR count). The normalized spacial score (nSPS) is 22.7. The average molecular weight is 332 g/mol. The molecule has 22 heavy (non-hydrogen) atoms. The fourth-order valence-corrected chi connectivity index (χ4v) is 3.32. The summed E-state index contributed by atoms with van der Waals surface area (Å²) in [5.74, 6) is -2.58. The first-order chi connectivity index (χ1) is 10.4. The van der Waals surface area contributed by atoms with Crippen molar-refractivity contribution in [1.29, 1.82) is 0 Å². The molecule has 120 valence electrons. The molecule has 1 aromatic rings. The number of ether oxygens (including phenoxy) is 1. The molecule has 1 saturated heterocycles. The van der Waals surface area contributed by atoms with E-state index in [0.717, 1.165) is 6.42 Å². The van der Waals surface area contributed by atoms with Gasteiger partial charge in [0.05, 0.1) is 13.5 Å². The third kappa shape index (κ3) is 2.74. The van der Waals surface area contributed by atoms with Gasteiger partial charge >= 0.3 is 5.97 Å². The Morgan fingerprint density at radius 1 is 1.50 bits per heavy atom. The Kier molecular flexibility index (Phi) is 3.92. The second-order valence-corrected chi connectivity index (χ2v) is 6.07. The van der Waals surface area contributed by atoms with Gasteiger partial charge in [-0.15, -0.1) is 0 Å². The van der Waals surface area contributed by atoms with E-state index in [9.17, 15) is 13.6 Å². The number of hydrogen-bond donors (Lipinski definition) is 0. The molecule has 1 fully saturated rings. The van der Waals surface area contributed by atoms with E-state index in [2.05, 4.69) is 14.7 Å². The number of alkyl halides is 2. The monoisotopic (exact) mass is 331 g/mol. The Hall–Kier alpha value is -1.50. The van der Waals surface area contributed by atoms with Gasteiger partial charge in [-0.2, -0.15) is 8.78 Å². The Bertz CT molecular complexity index is 612. The molecule has 8 heteroatoms. The zero-order chi connectivity index (χ0) is 15.9. The van der Waals surface area contributed by atoms with E-state index >= 15 is 0 Å². The van der Waals surface area contributed by atoms with E-state index in [1.54, 1.807) is 0 Å². The SMILES string of the molecule is COC(=O)C[C@H]1CCN(c2nc(Cl)nc3c2CCC3(F)F)C1. The van der Waals surface area contributed by atoms with Crippen LogP contribution in [0.4, 0.5) is 14.6 Å². The van der Waals surface area contributed by atoms with Crippen molar-refractivity contribution >= 4 is 23.4 Å². The number of methoxy groups -OCH3 is 1. The Balaban J connectivity index is 1.84. The summed E-state index contributed by atoms with van der Waals surface area (Å²) in [6.45, 7) is 1.24. The van der Waals surface area contributed by atoms with E-state index in [4.69, 9.17) is 11.6 Å². The minimum Gasteiger partial charge on any atom is -0.469 e. The summed E-state index contributed by atoms with van der Waals surface area (Å²) in [6, 6.07) is 0. The standard InChI is InChI=1S/C14H16ClF2N3O2/c1-22-10(21)6-8-3-5-20(7-8)12-9-2-4-14(16,17)11(9)18-13(15)19-12/h8H,2-7H2,1H3/t8-/m1/s1.